The molecular weight excluding hydrogens is 210 g/mol. The second-order valence-corrected chi connectivity index (χ2v) is 5.18. The lowest BCUT2D eigenvalue weighted by Crippen LogP contribution is -2.26. The fourth-order valence-corrected chi connectivity index (χ4v) is 2.67. The Hall–Kier alpha value is -1.05. The quantitative estimate of drug-likeness (QED) is 0.725. The lowest BCUT2D eigenvalue weighted by molar-refractivity contribution is -0.121. The smallest absolute Gasteiger partial charge is 0.220 e. The molecule has 1 unspecified atom stereocenters. The molecule has 0 aliphatic heterocycles. The highest BCUT2D eigenvalue weighted by atomic mass is 16.1. The number of carbonyl (C=O) groups excluding carboxylic acids is 1. The van der Waals surface area contributed by atoms with Gasteiger partial charge in [-0.15, -0.1) is 0 Å². The molecule has 1 atom stereocenters. The molecule has 94 valence electrons. The molecule has 2 nitrogen and oxygen atoms in total. The van der Waals surface area contributed by atoms with Crippen molar-refractivity contribution >= 4 is 5.91 Å². The summed E-state index contributed by atoms with van der Waals surface area (Å²) in [5, 5.41) is 3.04. The summed E-state index contributed by atoms with van der Waals surface area (Å²) in [7, 11) is 0. The summed E-state index contributed by atoms with van der Waals surface area (Å²) in [4.78, 5) is 11.7. The van der Waals surface area contributed by atoms with Gasteiger partial charge in [0.2, 0.25) is 5.91 Å². The number of allylic oxidation sites excluding steroid dienone is 3. The normalized spacial score (nSPS) is 23.5. The summed E-state index contributed by atoms with van der Waals surface area (Å²) >= 11 is 0. The van der Waals surface area contributed by atoms with Crippen LogP contribution in [0.4, 0.5) is 0 Å². The molecule has 0 aromatic rings. The fraction of sp³-hybridized carbons (Fsp3) is 0.667. The molecule has 0 aromatic carbocycles. The van der Waals surface area contributed by atoms with Crippen molar-refractivity contribution in [2.24, 2.45) is 5.92 Å². The average Bonchev–Trinajstić information content (AvgIpc) is 2.83. The molecule has 0 fully saturated rings. The van der Waals surface area contributed by atoms with Gasteiger partial charge in [-0.1, -0.05) is 23.8 Å². The van der Waals surface area contributed by atoms with Gasteiger partial charge in [-0.25, -0.2) is 0 Å². The topological polar surface area (TPSA) is 29.1 Å². The molecule has 0 aromatic heterocycles. The molecule has 0 heterocycles. The molecule has 2 aliphatic carbocycles. The van der Waals surface area contributed by atoms with Gasteiger partial charge in [-0.2, -0.15) is 0 Å². The van der Waals surface area contributed by atoms with E-state index in [0.29, 0.717) is 12.3 Å². The largest absolute Gasteiger partial charge is 0.356 e. The third-order valence-corrected chi connectivity index (χ3v) is 3.71. The van der Waals surface area contributed by atoms with Crippen LogP contribution in [0.25, 0.3) is 0 Å². The maximum Gasteiger partial charge on any atom is 0.220 e. The zero-order valence-corrected chi connectivity index (χ0v) is 10.6. The summed E-state index contributed by atoms with van der Waals surface area (Å²) in [6.45, 7) is 0.821. The number of rotatable bonds is 5. The summed E-state index contributed by atoms with van der Waals surface area (Å²) in [6.07, 6.45) is 15.9. The highest BCUT2D eigenvalue weighted by Gasteiger charge is 2.13. The van der Waals surface area contributed by atoms with Crippen LogP contribution in [0.1, 0.15) is 51.4 Å². The summed E-state index contributed by atoms with van der Waals surface area (Å²) in [5.41, 5.74) is 1.54. The van der Waals surface area contributed by atoms with E-state index in [0.717, 1.165) is 25.8 Å². The Labute approximate surface area is 104 Å². The predicted molar refractivity (Wildman–Crippen MR) is 70.7 cm³/mol. The van der Waals surface area contributed by atoms with Gasteiger partial charge in [0.05, 0.1) is 0 Å². The van der Waals surface area contributed by atoms with Crippen molar-refractivity contribution in [3.8, 4) is 0 Å². The van der Waals surface area contributed by atoms with E-state index in [1.165, 1.54) is 31.3 Å². The first-order chi connectivity index (χ1) is 8.34. The Balaban J connectivity index is 1.59. The van der Waals surface area contributed by atoms with Crippen LogP contribution in [-0.4, -0.2) is 12.5 Å². The van der Waals surface area contributed by atoms with Crippen molar-refractivity contribution in [3.05, 3.63) is 23.8 Å². The lowest BCUT2D eigenvalue weighted by Gasteiger charge is -2.13. The Morgan fingerprint density at radius 1 is 1.35 bits per heavy atom. The highest BCUT2D eigenvalue weighted by molar-refractivity contribution is 5.76. The summed E-state index contributed by atoms with van der Waals surface area (Å²) in [5.74, 6) is 0.710. The third-order valence-electron chi connectivity index (χ3n) is 3.71. The minimum Gasteiger partial charge on any atom is -0.356 e. The first-order valence-corrected chi connectivity index (χ1v) is 6.96. The van der Waals surface area contributed by atoms with Crippen LogP contribution < -0.4 is 5.32 Å². The van der Waals surface area contributed by atoms with Gasteiger partial charge >= 0.3 is 0 Å². The zero-order chi connectivity index (χ0) is 11.9. The van der Waals surface area contributed by atoms with Crippen molar-refractivity contribution < 1.29 is 4.79 Å². The van der Waals surface area contributed by atoms with Gasteiger partial charge in [0.25, 0.3) is 0 Å². The number of hydrogen-bond acceptors (Lipinski definition) is 1. The molecule has 0 bridgehead atoms. The molecule has 1 amide bonds. The number of hydrogen-bond donors (Lipinski definition) is 1. The second kappa shape index (κ2) is 6.63. The molecule has 2 rings (SSSR count). The Morgan fingerprint density at radius 2 is 2.29 bits per heavy atom. The molecule has 2 heteroatoms. The Bertz CT molecular complexity index is 317. The number of carbonyl (C=O) groups is 1. The molecular formula is C15H23NO. The van der Waals surface area contributed by atoms with Gasteiger partial charge in [0, 0.05) is 13.0 Å². The Kier molecular flexibility index (Phi) is 4.84. The maximum absolute atomic E-state index is 11.7. The lowest BCUT2D eigenvalue weighted by atomic mass is 9.97. The minimum atomic E-state index is 0.220. The van der Waals surface area contributed by atoms with Crippen LogP contribution in [0.3, 0.4) is 0 Å². The van der Waals surface area contributed by atoms with E-state index in [-0.39, 0.29) is 5.91 Å². The van der Waals surface area contributed by atoms with Crippen LogP contribution in [0, 0.1) is 5.92 Å². The van der Waals surface area contributed by atoms with Crippen molar-refractivity contribution in [2.45, 2.75) is 51.4 Å². The molecule has 0 radical (unpaired) electrons. The zero-order valence-electron chi connectivity index (χ0n) is 10.6. The van der Waals surface area contributed by atoms with Crippen LogP contribution in [0.5, 0.6) is 0 Å². The van der Waals surface area contributed by atoms with Gasteiger partial charge in [-0.3, -0.25) is 4.79 Å². The molecule has 0 spiro atoms. The van der Waals surface area contributed by atoms with E-state index in [9.17, 15) is 4.79 Å². The van der Waals surface area contributed by atoms with Crippen LogP contribution in [0.15, 0.2) is 23.8 Å². The van der Waals surface area contributed by atoms with E-state index in [4.69, 9.17) is 0 Å². The first kappa shape index (κ1) is 12.4. The predicted octanol–water partition coefficient (Wildman–Crippen LogP) is 3.35. The van der Waals surface area contributed by atoms with Crippen molar-refractivity contribution in [1.82, 2.24) is 5.32 Å². The van der Waals surface area contributed by atoms with Crippen molar-refractivity contribution in [2.75, 3.05) is 6.54 Å². The standard InChI is InChI=1S/C15H23NO/c17-15(12-14-8-4-5-9-14)16-11-10-13-6-2-1-3-7-13/h4,6,8,14H,1-3,5,7,9-12H2,(H,16,17). The molecule has 17 heavy (non-hydrogen) atoms. The summed E-state index contributed by atoms with van der Waals surface area (Å²) in [6, 6.07) is 0. The Morgan fingerprint density at radius 3 is 3.00 bits per heavy atom. The molecule has 0 saturated carbocycles. The van der Waals surface area contributed by atoms with E-state index < -0.39 is 0 Å². The van der Waals surface area contributed by atoms with E-state index in [1.807, 2.05) is 0 Å². The average molecular weight is 233 g/mol. The fourth-order valence-electron chi connectivity index (χ4n) is 2.67. The minimum absolute atomic E-state index is 0.220. The van der Waals surface area contributed by atoms with Crippen molar-refractivity contribution in [3.63, 3.8) is 0 Å². The molecule has 0 saturated heterocycles. The highest BCUT2D eigenvalue weighted by Crippen LogP contribution is 2.21. The van der Waals surface area contributed by atoms with Crippen LogP contribution in [-0.2, 0) is 4.79 Å². The van der Waals surface area contributed by atoms with E-state index in [2.05, 4.69) is 23.5 Å². The van der Waals surface area contributed by atoms with Gasteiger partial charge < -0.3 is 5.32 Å². The third kappa shape index (κ3) is 4.37. The van der Waals surface area contributed by atoms with Gasteiger partial charge in [0.1, 0.15) is 0 Å². The molecule has 1 N–H and O–H groups in total. The molecule has 2 aliphatic rings. The number of nitrogens with one attached hydrogen (secondary N) is 1. The van der Waals surface area contributed by atoms with E-state index >= 15 is 0 Å². The van der Waals surface area contributed by atoms with Gasteiger partial charge in [-0.05, 0) is 50.9 Å². The van der Waals surface area contributed by atoms with Gasteiger partial charge in [0.15, 0.2) is 0 Å². The maximum atomic E-state index is 11.7. The second-order valence-electron chi connectivity index (χ2n) is 5.18. The van der Waals surface area contributed by atoms with Crippen LogP contribution in [0.2, 0.25) is 0 Å². The summed E-state index contributed by atoms with van der Waals surface area (Å²) < 4.78 is 0. The number of amides is 1. The van der Waals surface area contributed by atoms with E-state index in [1.54, 1.807) is 0 Å². The first-order valence-electron chi connectivity index (χ1n) is 6.96. The monoisotopic (exact) mass is 233 g/mol. The van der Waals surface area contributed by atoms with Crippen LogP contribution >= 0.6 is 0 Å². The SMILES string of the molecule is O=C(CC1C=CCC1)NCCC1=CCCCC1. The van der Waals surface area contributed by atoms with Crippen molar-refractivity contribution in [1.29, 1.82) is 0 Å².